The Morgan fingerprint density at radius 3 is 2.83 bits per heavy atom. The van der Waals surface area contributed by atoms with Gasteiger partial charge in [-0.25, -0.2) is 0 Å². The molecule has 1 aromatic rings. The molecule has 0 saturated carbocycles. The van der Waals surface area contributed by atoms with Gasteiger partial charge in [-0.2, -0.15) is 0 Å². The topological polar surface area (TPSA) is 64.3 Å². The molecule has 0 aliphatic heterocycles. The fourth-order valence-electron chi connectivity index (χ4n) is 1.28. The van der Waals surface area contributed by atoms with Gasteiger partial charge in [0, 0.05) is 13.1 Å². The molecule has 0 heterocycles. The van der Waals surface area contributed by atoms with Crippen molar-refractivity contribution in [2.24, 2.45) is 5.73 Å². The lowest BCUT2D eigenvalue weighted by Crippen LogP contribution is -2.38. The fraction of sp³-hybridized carbons (Fsp3) is 0.417. The molecule has 1 rings (SSSR count). The van der Waals surface area contributed by atoms with E-state index in [-0.39, 0.29) is 18.3 Å². The summed E-state index contributed by atoms with van der Waals surface area (Å²) in [6, 6.07) is 5.43. The van der Waals surface area contributed by atoms with Crippen LogP contribution in [0.4, 0.5) is 0 Å². The summed E-state index contributed by atoms with van der Waals surface area (Å²) in [4.78, 5) is 11.6. The summed E-state index contributed by atoms with van der Waals surface area (Å²) in [5.41, 5.74) is 6.32. The number of amides is 1. The van der Waals surface area contributed by atoms with Crippen LogP contribution in [0.25, 0.3) is 0 Å². The zero-order valence-electron chi connectivity index (χ0n) is 10.4. The van der Waals surface area contributed by atoms with Crippen LogP contribution < -0.4 is 15.8 Å². The first kappa shape index (κ1) is 17.0. The Bertz CT molecular complexity index is 400. The third kappa shape index (κ3) is 5.12. The number of aryl methyl sites for hydroxylation is 1. The molecule has 1 unspecified atom stereocenters. The van der Waals surface area contributed by atoms with Crippen LogP contribution in [0.5, 0.6) is 5.75 Å². The number of carbonyl (C=O) groups excluding carboxylic acids is 1. The minimum Gasteiger partial charge on any atom is -0.479 e. The molecule has 0 aliphatic rings. The number of carbonyl (C=O) groups is 1. The highest BCUT2D eigenvalue weighted by atomic mass is 35.5. The van der Waals surface area contributed by atoms with Crippen molar-refractivity contribution in [1.29, 1.82) is 0 Å². The van der Waals surface area contributed by atoms with E-state index >= 15 is 0 Å². The maximum atomic E-state index is 11.6. The molecular weight excluding hydrogens is 275 g/mol. The van der Waals surface area contributed by atoms with E-state index in [0.717, 1.165) is 5.56 Å². The van der Waals surface area contributed by atoms with E-state index in [1.165, 1.54) is 0 Å². The predicted molar refractivity (Wildman–Crippen MR) is 75.6 cm³/mol. The van der Waals surface area contributed by atoms with Crippen molar-refractivity contribution >= 4 is 29.9 Å². The molecule has 1 aromatic carbocycles. The van der Waals surface area contributed by atoms with Crippen LogP contribution in [0.2, 0.25) is 5.02 Å². The molecular formula is C12H18Cl2N2O2. The zero-order valence-corrected chi connectivity index (χ0v) is 12.0. The molecule has 18 heavy (non-hydrogen) atoms. The fourth-order valence-corrected chi connectivity index (χ4v) is 1.45. The molecule has 1 amide bonds. The van der Waals surface area contributed by atoms with Crippen LogP contribution in [0.3, 0.4) is 0 Å². The van der Waals surface area contributed by atoms with Gasteiger partial charge in [0.1, 0.15) is 5.75 Å². The molecule has 6 heteroatoms. The van der Waals surface area contributed by atoms with Gasteiger partial charge in [0.25, 0.3) is 5.91 Å². The Morgan fingerprint density at radius 2 is 2.22 bits per heavy atom. The van der Waals surface area contributed by atoms with Gasteiger partial charge in [0.05, 0.1) is 5.02 Å². The highest BCUT2D eigenvalue weighted by Gasteiger charge is 2.15. The maximum absolute atomic E-state index is 11.6. The molecule has 0 bridgehead atoms. The number of hydrogen-bond acceptors (Lipinski definition) is 3. The third-order valence-corrected chi connectivity index (χ3v) is 2.52. The molecule has 0 saturated heterocycles. The average Bonchev–Trinajstić information content (AvgIpc) is 2.30. The lowest BCUT2D eigenvalue weighted by Gasteiger charge is -2.15. The van der Waals surface area contributed by atoms with E-state index in [1.54, 1.807) is 19.1 Å². The van der Waals surface area contributed by atoms with Crippen LogP contribution in [0, 0.1) is 6.92 Å². The summed E-state index contributed by atoms with van der Waals surface area (Å²) in [5.74, 6) is 0.315. The van der Waals surface area contributed by atoms with E-state index in [2.05, 4.69) is 5.32 Å². The van der Waals surface area contributed by atoms with Gasteiger partial charge in [0.15, 0.2) is 6.10 Å². The molecule has 1 atom stereocenters. The van der Waals surface area contributed by atoms with Crippen molar-refractivity contribution in [2.45, 2.75) is 20.0 Å². The molecule has 0 spiro atoms. The Kier molecular flexibility index (Phi) is 7.75. The normalized spacial score (nSPS) is 11.3. The van der Waals surface area contributed by atoms with Gasteiger partial charge >= 0.3 is 0 Å². The lowest BCUT2D eigenvalue weighted by molar-refractivity contribution is -0.127. The van der Waals surface area contributed by atoms with Gasteiger partial charge in [0.2, 0.25) is 0 Å². The summed E-state index contributed by atoms with van der Waals surface area (Å²) in [6.07, 6.45) is -0.596. The van der Waals surface area contributed by atoms with Crippen molar-refractivity contribution in [3.8, 4) is 5.75 Å². The minimum atomic E-state index is -0.596. The minimum absolute atomic E-state index is 0. The first-order valence-electron chi connectivity index (χ1n) is 5.45. The highest BCUT2D eigenvalue weighted by molar-refractivity contribution is 6.32. The maximum Gasteiger partial charge on any atom is 0.260 e. The molecule has 4 nitrogen and oxygen atoms in total. The van der Waals surface area contributed by atoms with Crippen molar-refractivity contribution in [2.75, 3.05) is 13.1 Å². The second-order valence-electron chi connectivity index (χ2n) is 3.77. The second-order valence-corrected chi connectivity index (χ2v) is 4.18. The number of rotatable bonds is 5. The lowest BCUT2D eigenvalue weighted by atomic mass is 10.2. The van der Waals surface area contributed by atoms with E-state index in [4.69, 9.17) is 22.1 Å². The van der Waals surface area contributed by atoms with Gasteiger partial charge in [-0.15, -0.1) is 12.4 Å². The molecule has 3 N–H and O–H groups in total. The van der Waals surface area contributed by atoms with Gasteiger partial charge < -0.3 is 15.8 Å². The van der Waals surface area contributed by atoms with Crippen LogP contribution in [-0.4, -0.2) is 25.1 Å². The smallest absolute Gasteiger partial charge is 0.260 e. The molecule has 0 aromatic heterocycles. The molecule has 0 fully saturated rings. The summed E-state index contributed by atoms with van der Waals surface area (Å²) in [5, 5.41) is 3.15. The summed E-state index contributed by atoms with van der Waals surface area (Å²) in [7, 11) is 0. The Hall–Kier alpha value is -0.970. The van der Waals surface area contributed by atoms with Crippen molar-refractivity contribution < 1.29 is 9.53 Å². The molecule has 102 valence electrons. The zero-order chi connectivity index (χ0) is 12.8. The van der Waals surface area contributed by atoms with Crippen molar-refractivity contribution in [3.63, 3.8) is 0 Å². The van der Waals surface area contributed by atoms with Crippen molar-refractivity contribution in [3.05, 3.63) is 28.8 Å². The second kappa shape index (κ2) is 8.19. The number of nitrogens with one attached hydrogen (secondary N) is 1. The van der Waals surface area contributed by atoms with Gasteiger partial charge in [-0.1, -0.05) is 17.7 Å². The van der Waals surface area contributed by atoms with Crippen LogP contribution in [0.15, 0.2) is 18.2 Å². The largest absolute Gasteiger partial charge is 0.479 e. The predicted octanol–water partition coefficient (Wildman–Crippen LogP) is 1.91. The van der Waals surface area contributed by atoms with Crippen molar-refractivity contribution in [1.82, 2.24) is 5.32 Å². The Balaban J connectivity index is 0.00000289. The third-order valence-electron chi connectivity index (χ3n) is 2.20. The van der Waals surface area contributed by atoms with Crippen LogP contribution in [-0.2, 0) is 4.79 Å². The van der Waals surface area contributed by atoms with Crippen LogP contribution in [0.1, 0.15) is 12.5 Å². The quantitative estimate of drug-likeness (QED) is 0.871. The van der Waals surface area contributed by atoms with Gasteiger partial charge in [-0.05, 0) is 31.5 Å². The van der Waals surface area contributed by atoms with E-state index in [9.17, 15) is 4.79 Å². The monoisotopic (exact) mass is 292 g/mol. The number of ether oxygens (including phenoxy) is 1. The van der Waals surface area contributed by atoms with E-state index < -0.39 is 6.10 Å². The average molecular weight is 293 g/mol. The Labute approximate surface area is 118 Å². The molecule has 0 aliphatic carbocycles. The number of halogens is 2. The van der Waals surface area contributed by atoms with E-state index in [1.807, 2.05) is 13.0 Å². The SMILES string of the molecule is Cc1ccc(Cl)c(OC(C)C(=O)NCCN)c1.Cl. The molecule has 0 radical (unpaired) electrons. The highest BCUT2D eigenvalue weighted by Crippen LogP contribution is 2.26. The first-order valence-corrected chi connectivity index (χ1v) is 5.83. The summed E-state index contributed by atoms with van der Waals surface area (Å²) >= 11 is 5.97. The van der Waals surface area contributed by atoms with Gasteiger partial charge in [-0.3, -0.25) is 4.79 Å². The number of hydrogen-bond donors (Lipinski definition) is 2. The first-order chi connectivity index (χ1) is 8.04. The standard InChI is InChI=1S/C12H17ClN2O2.ClH/c1-8-3-4-10(13)11(7-8)17-9(2)12(16)15-6-5-14;/h3-4,7,9H,5-6,14H2,1-2H3,(H,15,16);1H. The van der Waals surface area contributed by atoms with E-state index in [0.29, 0.717) is 23.9 Å². The summed E-state index contributed by atoms with van der Waals surface area (Å²) < 4.78 is 5.50. The number of benzene rings is 1. The number of nitrogens with two attached hydrogens (primary N) is 1. The van der Waals surface area contributed by atoms with Crippen LogP contribution >= 0.6 is 24.0 Å². The Morgan fingerprint density at radius 1 is 1.56 bits per heavy atom. The summed E-state index contributed by atoms with van der Waals surface area (Å²) in [6.45, 7) is 4.45.